The molecule has 5 nitrogen and oxygen atoms in total. The topological polar surface area (TPSA) is 57.7 Å². The Bertz CT molecular complexity index is 790. The van der Waals surface area contributed by atoms with E-state index in [1.807, 2.05) is 17.5 Å². The van der Waals surface area contributed by atoms with E-state index in [4.69, 9.17) is 0 Å². The third-order valence-corrected chi connectivity index (χ3v) is 6.52. The van der Waals surface area contributed by atoms with Gasteiger partial charge < -0.3 is 4.90 Å². The van der Waals surface area contributed by atoms with Crippen LogP contribution in [0.4, 0.5) is 4.39 Å². The Morgan fingerprint density at radius 2 is 1.84 bits per heavy atom. The minimum absolute atomic E-state index is 0.0269. The fourth-order valence-electron chi connectivity index (χ4n) is 2.27. The molecule has 0 bridgehead atoms. The predicted octanol–water partition coefficient (Wildman–Crippen LogP) is 2.95. The first-order valence-electron chi connectivity index (χ1n) is 7.79. The Morgan fingerprint density at radius 3 is 2.44 bits per heavy atom. The Morgan fingerprint density at radius 1 is 1.16 bits per heavy atom. The van der Waals surface area contributed by atoms with E-state index in [1.165, 1.54) is 23.5 Å². The molecule has 0 fully saturated rings. The second kappa shape index (κ2) is 8.55. The van der Waals surface area contributed by atoms with Crippen LogP contribution in [0.25, 0.3) is 0 Å². The van der Waals surface area contributed by atoms with Gasteiger partial charge in [-0.15, -0.1) is 11.3 Å². The monoisotopic (exact) mass is 384 g/mol. The van der Waals surface area contributed by atoms with E-state index < -0.39 is 15.8 Å². The van der Waals surface area contributed by atoms with Crippen LogP contribution in [0.15, 0.2) is 46.7 Å². The number of amides is 1. The lowest BCUT2D eigenvalue weighted by Crippen LogP contribution is -2.30. The molecule has 0 aliphatic heterocycles. The number of benzene rings is 1. The summed E-state index contributed by atoms with van der Waals surface area (Å²) >= 11 is 1.59. The van der Waals surface area contributed by atoms with Gasteiger partial charge >= 0.3 is 0 Å². The van der Waals surface area contributed by atoms with Crippen LogP contribution < -0.4 is 0 Å². The molecule has 0 spiro atoms. The Labute approximate surface area is 151 Å². The highest BCUT2D eigenvalue weighted by atomic mass is 32.2. The number of nitrogens with zero attached hydrogens (tertiary/aromatic N) is 2. The largest absolute Gasteiger partial charge is 0.341 e. The molecule has 0 N–H and O–H groups in total. The summed E-state index contributed by atoms with van der Waals surface area (Å²) in [5.74, 6) is -0.512. The molecule has 0 unspecified atom stereocenters. The van der Waals surface area contributed by atoms with Gasteiger partial charge in [0.15, 0.2) is 0 Å². The van der Waals surface area contributed by atoms with Gasteiger partial charge in [-0.05, 0) is 42.1 Å². The van der Waals surface area contributed by atoms with E-state index in [1.54, 1.807) is 23.3 Å². The highest BCUT2D eigenvalue weighted by Gasteiger charge is 2.21. The van der Waals surface area contributed by atoms with Crippen LogP contribution in [0.2, 0.25) is 0 Å². The molecule has 8 heteroatoms. The first-order valence-corrected chi connectivity index (χ1v) is 10.1. The summed E-state index contributed by atoms with van der Waals surface area (Å²) in [7, 11) is -0.478. The minimum Gasteiger partial charge on any atom is -0.341 e. The minimum atomic E-state index is -3.67. The lowest BCUT2D eigenvalue weighted by molar-refractivity contribution is -0.130. The number of sulfonamides is 1. The molecular weight excluding hydrogens is 363 g/mol. The zero-order valence-corrected chi connectivity index (χ0v) is 15.8. The molecular formula is C17H21FN2O3S2. The molecule has 0 aliphatic rings. The smallest absolute Gasteiger partial charge is 0.242 e. The highest BCUT2D eigenvalue weighted by Crippen LogP contribution is 2.16. The Hall–Kier alpha value is -1.77. The normalized spacial score (nSPS) is 11.7. The fraction of sp³-hybridized carbons (Fsp3) is 0.353. The molecule has 25 heavy (non-hydrogen) atoms. The van der Waals surface area contributed by atoms with Gasteiger partial charge in [0.25, 0.3) is 0 Å². The molecule has 0 atom stereocenters. The SMILES string of the molecule is CN(Cc1cccs1)C(=O)CCCN(C)S(=O)(=O)c1ccc(F)cc1. The van der Waals surface area contributed by atoms with Crippen molar-refractivity contribution in [1.82, 2.24) is 9.21 Å². The van der Waals surface area contributed by atoms with Crippen LogP contribution in [-0.2, 0) is 21.4 Å². The summed E-state index contributed by atoms with van der Waals surface area (Å²) in [5, 5.41) is 1.96. The van der Waals surface area contributed by atoms with Gasteiger partial charge in [-0.1, -0.05) is 6.07 Å². The van der Waals surface area contributed by atoms with Crippen LogP contribution in [-0.4, -0.2) is 44.2 Å². The van der Waals surface area contributed by atoms with Crippen molar-refractivity contribution in [3.8, 4) is 0 Å². The van der Waals surface area contributed by atoms with Crippen molar-refractivity contribution in [3.05, 3.63) is 52.5 Å². The maximum atomic E-state index is 12.9. The molecule has 0 saturated carbocycles. The second-order valence-electron chi connectivity index (χ2n) is 5.71. The summed E-state index contributed by atoms with van der Waals surface area (Å²) in [6.07, 6.45) is 0.690. The van der Waals surface area contributed by atoms with Crippen molar-refractivity contribution in [2.24, 2.45) is 0 Å². The molecule has 2 aromatic rings. The van der Waals surface area contributed by atoms with Crippen molar-refractivity contribution in [2.75, 3.05) is 20.6 Å². The van der Waals surface area contributed by atoms with Crippen molar-refractivity contribution in [3.63, 3.8) is 0 Å². The number of thiophene rings is 1. The van der Waals surface area contributed by atoms with E-state index in [2.05, 4.69) is 0 Å². The molecule has 1 heterocycles. The summed E-state index contributed by atoms with van der Waals surface area (Å²) in [5.41, 5.74) is 0. The van der Waals surface area contributed by atoms with Crippen molar-refractivity contribution >= 4 is 27.3 Å². The summed E-state index contributed by atoms with van der Waals surface area (Å²) in [4.78, 5) is 14.9. The number of carbonyl (C=O) groups excluding carboxylic acids is 1. The van der Waals surface area contributed by atoms with Gasteiger partial charge in [0.05, 0.1) is 11.4 Å². The third kappa shape index (κ3) is 5.35. The molecule has 0 aliphatic carbocycles. The van der Waals surface area contributed by atoms with Gasteiger partial charge in [-0.2, -0.15) is 0 Å². The van der Waals surface area contributed by atoms with Crippen molar-refractivity contribution in [2.45, 2.75) is 24.3 Å². The Kier molecular flexibility index (Phi) is 6.69. The van der Waals surface area contributed by atoms with Crippen LogP contribution in [0.1, 0.15) is 17.7 Å². The second-order valence-corrected chi connectivity index (χ2v) is 8.79. The molecule has 0 saturated heterocycles. The van der Waals surface area contributed by atoms with E-state index in [-0.39, 0.29) is 23.8 Å². The number of carbonyl (C=O) groups is 1. The van der Waals surface area contributed by atoms with E-state index in [9.17, 15) is 17.6 Å². The number of rotatable bonds is 8. The first kappa shape index (κ1) is 19.6. The van der Waals surface area contributed by atoms with Crippen LogP contribution >= 0.6 is 11.3 Å². The van der Waals surface area contributed by atoms with Crippen molar-refractivity contribution in [1.29, 1.82) is 0 Å². The van der Waals surface area contributed by atoms with Gasteiger partial charge in [-0.25, -0.2) is 17.1 Å². The van der Waals surface area contributed by atoms with Crippen LogP contribution in [0, 0.1) is 5.82 Å². The zero-order chi connectivity index (χ0) is 18.4. The summed E-state index contributed by atoms with van der Waals surface area (Å²) in [6.45, 7) is 0.776. The van der Waals surface area contributed by atoms with E-state index >= 15 is 0 Å². The van der Waals surface area contributed by atoms with Crippen LogP contribution in [0.5, 0.6) is 0 Å². The van der Waals surface area contributed by atoms with E-state index in [0.29, 0.717) is 13.0 Å². The van der Waals surface area contributed by atoms with E-state index in [0.717, 1.165) is 17.0 Å². The standard InChI is InChI=1S/C17H21FN2O3S2/c1-19(13-15-5-4-12-24-15)17(21)6-3-11-20(2)25(22,23)16-9-7-14(18)8-10-16/h4-5,7-10,12H,3,6,11,13H2,1-2H3. The zero-order valence-electron chi connectivity index (χ0n) is 14.2. The lowest BCUT2D eigenvalue weighted by atomic mass is 10.2. The van der Waals surface area contributed by atoms with Crippen molar-refractivity contribution < 1.29 is 17.6 Å². The lowest BCUT2D eigenvalue weighted by Gasteiger charge is -2.19. The molecule has 1 amide bonds. The molecule has 136 valence electrons. The molecule has 1 aromatic carbocycles. The maximum Gasteiger partial charge on any atom is 0.242 e. The molecule has 2 rings (SSSR count). The average Bonchev–Trinajstić information content (AvgIpc) is 3.07. The average molecular weight is 384 g/mol. The van der Waals surface area contributed by atoms with Crippen LogP contribution in [0.3, 0.4) is 0 Å². The third-order valence-electron chi connectivity index (χ3n) is 3.78. The van der Waals surface area contributed by atoms with Gasteiger partial charge in [0.1, 0.15) is 5.82 Å². The van der Waals surface area contributed by atoms with Gasteiger partial charge in [0.2, 0.25) is 15.9 Å². The fourth-order valence-corrected chi connectivity index (χ4v) is 4.24. The number of hydrogen-bond acceptors (Lipinski definition) is 4. The number of hydrogen-bond donors (Lipinski definition) is 0. The highest BCUT2D eigenvalue weighted by molar-refractivity contribution is 7.89. The molecule has 0 radical (unpaired) electrons. The Balaban J connectivity index is 1.83. The van der Waals surface area contributed by atoms with Gasteiger partial charge in [-0.3, -0.25) is 4.79 Å². The predicted molar refractivity (Wildman–Crippen MR) is 96.2 cm³/mol. The maximum absolute atomic E-state index is 12.9. The first-order chi connectivity index (χ1) is 11.8. The quantitative estimate of drug-likeness (QED) is 0.703. The summed E-state index contributed by atoms with van der Waals surface area (Å²) < 4.78 is 38.9. The van der Waals surface area contributed by atoms with Gasteiger partial charge in [0, 0.05) is 31.9 Å². The molecule has 1 aromatic heterocycles. The number of halogens is 1. The summed E-state index contributed by atoms with van der Waals surface area (Å²) in [6, 6.07) is 8.61.